The smallest absolute Gasteiger partial charge is 0.406 e. The van der Waals surface area contributed by atoms with Gasteiger partial charge in [0.15, 0.2) is 0 Å². The Labute approximate surface area is 118 Å². The molecule has 0 aliphatic carbocycles. The Morgan fingerprint density at radius 3 is 2.35 bits per heavy atom. The summed E-state index contributed by atoms with van der Waals surface area (Å²) in [5, 5.41) is 3.25. The van der Waals surface area contributed by atoms with Gasteiger partial charge in [0.1, 0.15) is 5.75 Å². The van der Waals surface area contributed by atoms with E-state index in [1.165, 1.54) is 12.1 Å². The SMILES string of the molecule is CNC(CCc1cccc(OC(F)(F)F)c1)C(C)(C)C. The third-order valence-corrected chi connectivity index (χ3v) is 3.25. The van der Waals surface area contributed by atoms with Gasteiger partial charge in [0.05, 0.1) is 0 Å². The number of halogens is 3. The molecule has 5 heteroatoms. The first-order chi connectivity index (χ1) is 9.12. The highest BCUT2D eigenvalue weighted by molar-refractivity contribution is 5.28. The number of ether oxygens (including phenoxy) is 1. The quantitative estimate of drug-likeness (QED) is 0.879. The molecule has 1 aromatic carbocycles. The summed E-state index contributed by atoms with van der Waals surface area (Å²) < 4.78 is 40.4. The van der Waals surface area contributed by atoms with Crippen LogP contribution in [-0.2, 0) is 6.42 Å². The van der Waals surface area contributed by atoms with Crippen LogP contribution in [0.4, 0.5) is 13.2 Å². The fourth-order valence-electron chi connectivity index (χ4n) is 2.22. The van der Waals surface area contributed by atoms with Crippen molar-refractivity contribution in [2.45, 2.75) is 46.0 Å². The number of hydrogen-bond acceptors (Lipinski definition) is 2. The van der Waals surface area contributed by atoms with Crippen LogP contribution in [0.25, 0.3) is 0 Å². The standard InChI is InChI=1S/C15H22F3NO/c1-14(2,3)13(19-4)9-8-11-6-5-7-12(10-11)20-15(16,17)18/h5-7,10,13,19H,8-9H2,1-4H3. The minimum Gasteiger partial charge on any atom is -0.406 e. The molecule has 0 bridgehead atoms. The molecule has 1 rings (SSSR count). The van der Waals surface area contributed by atoms with Crippen LogP contribution in [0, 0.1) is 5.41 Å². The van der Waals surface area contributed by atoms with E-state index < -0.39 is 6.36 Å². The molecule has 114 valence electrons. The van der Waals surface area contributed by atoms with Crippen molar-refractivity contribution in [3.8, 4) is 5.75 Å². The Balaban J connectivity index is 2.67. The first kappa shape index (κ1) is 16.8. The molecule has 1 unspecified atom stereocenters. The topological polar surface area (TPSA) is 21.3 Å². The fourth-order valence-corrected chi connectivity index (χ4v) is 2.22. The third kappa shape index (κ3) is 5.82. The second-order valence-corrected chi connectivity index (χ2v) is 5.94. The van der Waals surface area contributed by atoms with Gasteiger partial charge in [-0.15, -0.1) is 13.2 Å². The molecule has 20 heavy (non-hydrogen) atoms. The lowest BCUT2D eigenvalue weighted by Gasteiger charge is -2.30. The maximum absolute atomic E-state index is 12.2. The highest BCUT2D eigenvalue weighted by atomic mass is 19.4. The first-order valence-corrected chi connectivity index (χ1v) is 6.64. The molecule has 1 N–H and O–H groups in total. The van der Waals surface area contributed by atoms with Crippen molar-refractivity contribution in [1.82, 2.24) is 5.32 Å². The van der Waals surface area contributed by atoms with Gasteiger partial charge in [0.2, 0.25) is 0 Å². The van der Waals surface area contributed by atoms with Gasteiger partial charge in [-0.2, -0.15) is 0 Å². The van der Waals surface area contributed by atoms with Crippen LogP contribution < -0.4 is 10.1 Å². The monoisotopic (exact) mass is 289 g/mol. The van der Waals surface area contributed by atoms with Gasteiger partial charge in [0, 0.05) is 6.04 Å². The van der Waals surface area contributed by atoms with Gasteiger partial charge in [-0.3, -0.25) is 0 Å². The normalized spacial score (nSPS) is 14.2. The Hall–Kier alpha value is -1.23. The number of benzene rings is 1. The average Bonchev–Trinajstić information content (AvgIpc) is 2.26. The maximum atomic E-state index is 12.2. The van der Waals surface area contributed by atoms with Crippen molar-refractivity contribution < 1.29 is 17.9 Å². The Morgan fingerprint density at radius 2 is 1.85 bits per heavy atom. The lowest BCUT2D eigenvalue weighted by atomic mass is 9.83. The van der Waals surface area contributed by atoms with Crippen molar-refractivity contribution >= 4 is 0 Å². The Bertz CT molecular complexity index is 424. The van der Waals surface area contributed by atoms with Crippen LogP contribution >= 0.6 is 0 Å². The Kier molecular flexibility index (Phi) is 5.45. The highest BCUT2D eigenvalue weighted by Crippen LogP contribution is 2.26. The van der Waals surface area contributed by atoms with Crippen LogP contribution in [0.15, 0.2) is 24.3 Å². The highest BCUT2D eigenvalue weighted by Gasteiger charge is 2.31. The van der Waals surface area contributed by atoms with Crippen molar-refractivity contribution in [3.63, 3.8) is 0 Å². The molecule has 1 aromatic rings. The molecule has 0 heterocycles. The molecule has 0 spiro atoms. The zero-order valence-electron chi connectivity index (χ0n) is 12.3. The summed E-state index contributed by atoms with van der Waals surface area (Å²) in [4.78, 5) is 0. The lowest BCUT2D eigenvalue weighted by molar-refractivity contribution is -0.274. The van der Waals surface area contributed by atoms with E-state index in [0.29, 0.717) is 12.5 Å². The molecular formula is C15H22F3NO. The van der Waals surface area contributed by atoms with Crippen molar-refractivity contribution in [1.29, 1.82) is 0 Å². The summed E-state index contributed by atoms with van der Waals surface area (Å²) >= 11 is 0. The average molecular weight is 289 g/mol. The van der Waals surface area contributed by atoms with Crippen LogP contribution in [0.2, 0.25) is 0 Å². The molecule has 0 amide bonds. The largest absolute Gasteiger partial charge is 0.573 e. The van der Waals surface area contributed by atoms with E-state index in [9.17, 15) is 13.2 Å². The van der Waals surface area contributed by atoms with E-state index in [-0.39, 0.29) is 11.2 Å². The summed E-state index contributed by atoms with van der Waals surface area (Å²) in [5.74, 6) is -0.160. The Morgan fingerprint density at radius 1 is 1.20 bits per heavy atom. The molecule has 0 radical (unpaired) electrons. The predicted octanol–water partition coefficient (Wildman–Crippen LogP) is 4.15. The molecule has 0 saturated carbocycles. The van der Waals surface area contributed by atoms with Gasteiger partial charge in [0.25, 0.3) is 0 Å². The molecular weight excluding hydrogens is 267 g/mol. The van der Waals surface area contributed by atoms with Crippen molar-refractivity contribution in [2.24, 2.45) is 5.41 Å². The summed E-state index contributed by atoms with van der Waals surface area (Å²) in [6.45, 7) is 6.41. The van der Waals surface area contributed by atoms with Crippen molar-refractivity contribution in [3.05, 3.63) is 29.8 Å². The van der Waals surface area contributed by atoms with E-state index in [0.717, 1.165) is 12.0 Å². The molecule has 0 aliphatic heterocycles. The number of hydrogen-bond donors (Lipinski definition) is 1. The zero-order chi connectivity index (χ0) is 15.4. The number of aryl methyl sites for hydroxylation is 1. The van der Waals surface area contributed by atoms with E-state index in [1.807, 2.05) is 13.1 Å². The zero-order valence-corrected chi connectivity index (χ0v) is 12.3. The number of alkyl halides is 3. The van der Waals surface area contributed by atoms with Crippen LogP contribution in [-0.4, -0.2) is 19.5 Å². The van der Waals surface area contributed by atoms with Gasteiger partial charge >= 0.3 is 6.36 Å². The molecule has 1 atom stereocenters. The van der Waals surface area contributed by atoms with Crippen molar-refractivity contribution in [2.75, 3.05) is 7.05 Å². The fraction of sp³-hybridized carbons (Fsp3) is 0.600. The van der Waals surface area contributed by atoms with E-state index in [1.54, 1.807) is 6.07 Å². The predicted molar refractivity (Wildman–Crippen MR) is 73.7 cm³/mol. The summed E-state index contributed by atoms with van der Waals surface area (Å²) in [6, 6.07) is 6.47. The molecule has 0 fully saturated rings. The number of rotatable bonds is 5. The van der Waals surface area contributed by atoms with E-state index in [2.05, 4.69) is 30.8 Å². The van der Waals surface area contributed by atoms with Crippen LogP contribution in [0.3, 0.4) is 0 Å². The van der Waals surface area contributed by atoms with Crippen LogP contribution in [0.1, 0.15) is 32.8 Å². The minimum absolute atomic E-state index is 0.106. The molecule has 0 aromatic heterocycles. The van der Waals surface area contributed by atoms with Gasteiger partial charge in [-0.1, -0.05) is 32.9 Å². The van der Waals surface area contributed by atoms with Gasteiger partial charge < -0.3 is 10.1 Å². The van der Waals surface area contributed by atoms with E-state index in [4.69, 9.17) is 0 Å². The molecule has 2 nitrogen and oxygen atoms in total. The molecule has 0 aliphatic rings. The third-order valence-electron chi connectivity index (χ3n) is 3.25. The summed E-state index contributed by atoms with van der Waals surface area (Å²) in [7, 11) is 1.90. The lowest BCUT2D eigenvalue weighted by Crippen LogP contribution is -2.38. The first-order valence-electron chi connectivity index (χ1n) is 6.64. The maximum Gasteiger partial charge on any atom is 0.573 e. The second kappa shape index (κ2) is 6.48. The van der Waals surface area contributed by atoms with Crippen LogP contribution in [0.5, 0.6) is 5.75 Å². The number of nitrogens with one attached hydrogen (secondary N) is 1. The summed E-state index contributed by atoms with van der Waals surface area (Å²) in [6.07, 6.45) is -3.08. The second-order valence-electron chi connectivity index (χ2n) is 5.94. The van der Waals surface area contributed by atoms with E-state index >= 15 is 0 Å². The minimum atomic E-state index is -4.64. The summed E-state index contributed by atoms with van der Waals surface area (Å²) in [5.41, 5.74) is 0.950. The van der Waals surface area contributed by atoms with Gasteiger partial charge in [-0.05, 0) is 43.0 Å². The molecule has 0 saturated heterocycles. The van der Waals surface area contributed by atoms with Gasteiger partial charge in [-0.25, -0.2) is 0 Å².